The molecular weight excluding hydrogens is 382 g/mol. The van der Waals surface area contributed by atoms with Crippen LogP contribution in [0.4, 0.5) is 0 Å². The molecule has 0 spiro atoms. The van der Waals surface area contributed by atoms with Crippen LogP contribution < -0.4 is 4.74 Å². The van der Waals surface area contributed by atoms with Crippen LogP contribution in [0.15, 0.2) is 77.6 Å². The van der Waals surface area contributed by atoms with E-state index in [1.165, 1.54) is 0 Å². The van der Waals surface area contributed by atoms with E-state index in [9.17, 15) is 4.79 Å². The molecule has 30 heavy (non-hydrogen) atoms. The van der Waals surface area contributed by atoms with Gasteiger partial charge in [-0.3, -0.25) is 9.78 Å². The fourth-order valence-electron chi connectivity index (χ4n) is 3.47. The van der Waals surface area contributed by atoms with Crippen molar-refractivity contribution in [3.8, 4) is 22.9 Å². The number of rotatable bonds is 4. The number of aromatic nitrogens is 3. The van der Waals surface area contributed by atoms with Crippen LogP contribution in [0.3, 0.4) is 0 Å². The molecule has 7 nitrogen and oxygen atoms in total. The lowest BCUT2D eigenvalue weighted by atomic mass is 9.88. The average molecular weight is 399 g/mol. The molecule has 1 aliphatic heterocycles. The van der Waals surface area contributed by atoms with Crippen molar-refractivity contribution in [3.05, 3.63) is 90.1 Å². The molecule has 5 rings (SSSR count). The van der Waals surface area contributed by atoms with Gasteiger partial charge in [-0.05, 0) is 31.2 Å². The Labute approximate surface area is 172 Å². The molecule has 0 bridgehead atoms. The van der Waals surface area contributed by atoms with Crippen LogP contribution in [0.1, 0.15) is 36.0 Å². The lowest BCUT2D eigenvalue weighted by Gasteiger charge is -2.27. The van der Waals surface area contributed by atoms with Gasteiger partial charge in [0.25, 0.3) is 5.89 Å². The lowest BCUT2D eigenvalue weighted by Crippen LogP contribution is -2.22. The summed E-state index contributed by atoms with van der Waals surface area (Å²) in [6.45, 7) is 1.70. The first kappa shape index (κ1) is 18.1. The lowest BCUT2D eigenvalue weighted by molar-refractivity contribution is -0.150. The van der Waals surface area contributed by atoms with E-state index in [0.29, 0.717) is 17.3 Å². The zero-order chi connectivity index (χ0) is 20.5. The van der Waals surface area contributed by atoms with E-state index in [2.05, 4.69) is 15.1 Å². The van der Waals surface area contributed by atoms with Crippen molar-refractivity contribution < 1.29 is 18.8 Å². The second kappa shape index (κ2) is 7.44. The Morgan fingerprint density at radius 1 is 1.00 bits per heavy atom. The van der Waals surface area contributed by atoms with Crippen molar-refractivity contribution in [2.75, 3.05) is 0 Å². The molecule has 2 aromatic heterocycles. The van der Waals surface area contributed by atoms with Crippen molar-refractivity contribution in [1.29, 1.82) is 0 Å². The van der Waals surface area contributed by atoms with Crippen molar-refractivity contribution in [2.45, 2.75) is 18.9 Å². The molecule has 1 aliphatic rings. The summed E-state index contributed by atoms with van der Waals surface area (Å²) in [5.74, 6) is 0.879. The number of fused-ring (bicyclic) bond motifs is 2. The quantitative estimate of drug-likeness (QED) is 0.461. The van der Waals surface area contributed by atoms with Gasteiger partial charge < -0.3 is 14.0 Å². The molecule has 0 saturated heterocycles. The molecule has 7 heteroatoms. The first-order chi connectivity index (χ1) is 14.7. The number of hydrogen-bond acceptors (Lipinski definition) is 7. The Morgan fingerprint density at radius 3 is 2.37 bits per heavy atom. The molecule has 4 aromatic rings. The highest BCUT2D eigenvalue weighted by Gasteiger charge is 2.35. The number of carbonyl (C=O) groups is 1. The third-order valence-corrected chi connectivity index (χ3v) is 4.92. The molecule has 148 valence electrons. The molecule has 0 aliphatic carbocycles. The van der Waals surface area contributed by atoms with Crippen LogP contribution in [0.2, 0.25) is 0 Å². The number of pyridine rings is 1. The Hall–Kier alpha value is -4.00. The number of ether oxygens (including phenoxy) is 2. The zero-order valence-corrected chi connectivity index (χ0v) is 16.1. The largest absolute Gasteiger partial charge is 0.457 e. The van der Waals surface area contributed by atoms with Crippen LogP contribution in [0.25, 0.3) is 11.4 Å². The molecule has 1 atom stereocenters. The molecule has 0 radical (unpaired) electrons. The van der Waals surface area contributed by atoms with Gasteiger partial charge in [0.15, 0.2) is 6.10 Å². The van der Waals surface area contributed by atoms with Gasteiger partial charge in [0.05, 0.1) is 0 Å². The summed E-state index contributed by atoms with van der Waals surface area (Å²) in [5.41, 5.74) is 2.24. The highest BCUT2D eigenvalue weighted by molar-refractivity contribution is 5.85. The van der Waals surface area contributed by atoms with Crippen molar-refractivity contribution >= 4 is 5.97 Å². The van der Waals surface area contributed by atoms with Gasteiger partial charge in [-0.1, -0.05) is 41.6 Å². The third-order valence-electron chi connectivity index (χ3n) is 4.92. The normalized spacial score (nSPS) is 13.6. The summed E-state index contributed by atoms with van der Waals surface area (Å²) in [4.78, 5) is 21.6. The molecule has 2 aromatic carbocycles. The smallest absolute Gasteiger partial charge is 0.318 e. The number of para-hydroxylation sites is 2. The summed E-state index contributed by atoms with van der Waals surface area (Å²) < 4.78 is 17.0. The minimum absolute atomic E-state index is 0.218. The van der Waals surface area contributed by atoms with Crippen LogP contribution in [0, 0.1) is 0 Å². The average Bonchev–Trinajstić information content (AvgIpc) is 3.28. The third kappa shape index (κ3) is 3.20. The summed E-state index contributed by atoms with van der Waals surface area (Å²) >= 11 is 0. The number of esters is 1. The molecular formula is C23H17N3O4. The van der Waals surface area contributed by atoms with Gasteiger partial charge >= 0.3 is 5.97 Å². The number of carbonyl (C=O) groups excluding carboxylic acids is 1. The minimum atomic E-state index is -0.711. The van der Waals surface area contributed by atoms with Gasteiger partial charge in [-0.2, -0.15) is 4.98 Å². The summed E-state index contributed by atoms with van der Waals surface area (Å²) in [6, 6.07) is 18.5. The maximum Gasteiger partial charge on any atom is 0.318 e. The Morgan fingerprint density at radius 2 is 1.70 bits per heavy atom. The number of hydrogen-bond donors (Lipinski definition) is 0. The van der Waals surface area contributed by atoms with E-state index < -0.39 is 18.0 Å². The van der Waals surface area contributed by atoms with E-state index in [-0.39, 0.29) is 5.89 Å². The molecule has 0 fully saturated rings. The molecule has 0 N–H and O–H groups in total. The summed E-state index contributed by atoms with van der Waals surface area (Å²) in [7, 11) is 0. The van der Waals surface area contributed by atoms with E-state index in [4.69, 9.17) is 14.0 Å². The van der Waals surface area contributed by atoms with Crippen molar-refractivity contribution in [2.24, 2.45) is 0 Å². The van der Waals surface area contributed by atoms with Gasteiger partial charge in [0, 0.05) is 29.1 Å². The standard InChI is InChI=1S/C23H17N3O4/c1-14(22-25-21(26-30-22)15-7-6-12-24-13-15)28-23(27)20-16-8-2-4-10-18(16)29-19-11-5-3-9-17(19)20/h2-14,20H,1H3. The van der Waals surface area contributed by atoms with Crippen LogP contribution in [0.5, 0.6) is 11.5 Å². The van der Waals surface area contributed by atoms with Crippen LogP contribution in [-0.4, -0.2) is 21.1 Å². The predicted octanol–water partition coefficient (Wildman–Crippen LogP) is 4.67. The Balaban J connectivity index is 1.42. The topological polar surface area (TPSA) is 87.3 Å². The van der Waals surface area contributed by atoms with Crippen LogP contribution in [-0.2, 0) is 9.53 Å². The predicted molar refractivity (Wildman–Crippen MR) is 107 cm³/mol. The van der Waals surface area contributed by atoms with E-state index in [1.807, 2.05) is 54.6 Å². The van der Waals surface area contributed by atoms with Crippen molar-refractivity contribution in [3.63, 3.8) is 0 Å². The first-order valence-corrected chi connectivity index (χ1v) is 9.51. The van der Waals surface area contributed by atoms with Crippen molar-refractivity contribution in [1.82, 2.24) is 15.1 Å². The van der Waals surface area contributed by atoms with Gasteiger partial charge in [-0.15, -0.1) is 0 Å². The van der Waals surface area contributed by atoms with Gasteiger partial charge in [0.2, 0.25) is 5.82 Å². The van der Waals surface area contributed by atoms with E-state index in [0.717, 1.165) is 16.7 Å². The second-order valence-corrected chi connectivity index (χ2v) is 6.89. The molecule has 3 heterocycles. The van der Waals surface area contributed by atoms with Gasteiger partial charge in [0.1, 0.15) is 17.4 Å². The fraction of sp³-hybridized carbons (Fsp3) is 0.130. The Bertz CT molecular complexity index is 1160. The van der Waals surface area contributed by atoms with Crippen LogP contribution >= 0.6 is 0 Å². The highest BCUT2D eigenvalue weighted by Crippen LogP contribution is 2.44. The highest BCUT2D eigenvalue weighted by atomic mass is 16.6. The summed E-state index contributed by atoms with van der Waals surface area (Å²) in [5, 5.41) is 3.96. The molecule has 1 unspecified atom stereocenters. The molecule has 0 saturated carbocycles. The maximum absolute atomic E-state index is 13.2. The SMILES string of the molecule is CC(OC(=O)C1c2ccccc2Oc2ccccc21)c1nc(-c2cccnc2)no1. The van der Waals surface area contributed by atoms with Gasteiger partial charge in [-0.25, -0.2) is 0 Å². The minimum Gasteiger partial charge on any atom is -0.457 e. The second-order valence-electron chi connectivity index (χ2n) is 6.89. The maximum atomic E-state index is 13.2. The zero-order valence-electron chi connectivity index (χ0n) is 16.1. The Kier molecular flexibility index (Phi) is 4.48. The number of benzene rings is 2. The monoisotopic (exact) mass is 399 g/mol. The molecule has 0 amide bonds. The summed E-state index contributed by atoms with van der Waals surface area (Å²) in [6.07, 6.45) is 2.59. The first-order valence-electron chi connectivity index (χ1n) is 9.51. The fourth-order valence-corrected chi connectivity index (χ4v) is 3.47. The van der Waals surface area contributed by atoms with E-state index in [1.54, 1.807) is 25.4 Å². The van der Waals surface area contributed by atoms with E-state index >= 15 is 0 Å². The number of nitrogens with zero attached hydrogens (tertiary/aromatic N) is 3.